The molecule has 0 spiro atoms. The zero-order valence-corrected chi connectivity index (χ0v) is 21.3. The Bertz CT molecular complexity index is 1440. The zero-order valence-electron chi connectivity index (χ0n) is 20.4. The number of benzene rings is 2. The van der Waals surface area contributed by atoms with Crippen molar-refractivity contribution in [1.82, 2.24) is 19.9 Å². The topological polar surface area (TPSA) is 112 Å². The fraction of sp³-hybridized carbons (Fsp3) is 0.296. The van der Waals surface area contributed by atoms with Gasteiger partial charge >= 0.3 is 0 Å². The van der Waals surface area contributed by atoms with E-state index in [2.05, 4.69) is 15.6 Å². The van der Waals surface area contributed by atoms with Crippen LogP contribution in [0.15, 0.2) is 64.6 Å². The molecule has 4 N–H and O–H groups in total. The molecule has 1 aliphatic carbocycles. The summed E-state index contributed by atoms with van der Waals surface area (Å²) in [7, 11) is 0. The number of anilines is 1. The van der Waals surface area contributed by atoms with Gasteiger partial charge in [0.05, 0.1) is 23.2 Å². The Kier molecular flexibility index (Phi) is 6.36. The van der Waals surface area contributed by atoms with Crippen LogP contribution in [0.25, 0.3) is 16.9 Å². The van der Waals surface area contributed by atoms with Crippen LogP contribution < -0.4 is 10.6 Å². The second-order valence-corrected chi connectivity index (χ2v) is 10.9. The summed E-state index contributed by atoms with van der Waals surface area (Å²) < 4.78 is 1.77. The predicted octanol–water partition coefficient (Wildman–Crippen LogP) is 4.64. The number of aromatic nitrogens is 3. The second-order valence-electron chi connectivity index (χ2n) is 9.82. The minimum Gasteiger partial charge on any atom is -0.508 e. The van der Waals surface area contributed by atoms with Crippen molar-refractivity contribution in [2.45, 2.75) is 55.2 Å². The van der Waals surface area contributed by atoms with Crippen LogP contribution in [0.2, 0.25) is 0 Å². The Hall–Kier alpha value is -3.56. The maximum absolute atomic E-state index is 12.6. The lowest BCUT2D eigenvalue weighted by molar-refractivity contribution is 0.0940. The summed E-state index contributed by atoms with van der Waals surface area (Å²) in [6, 6.07) is 14.9. The van der Waals surface area contributed by atoms with Gasteiger partial charge in [0.1, 0.15) is 10.8 Å². The number of hydrogen-bond donors (Lipinski definition) is 4. The largest absolute Gasteiger partial charge is 0.508 e. The maximum atomic E-state index is 12.6. The molecular formula is C27H29N5O3S. The number of hydrogen-bond acceptors (Lipinski definition) is 7. The number of carbonyl (C=O) groups excluding carboxylic acids is 1. The quantitative estimate of drug-likeness (QED) is 0.277. The average Bonchev–Trinajstić information content (AvgIpc) is 3.52. The summed E-state index contributed by atoms with van der Waals surface area (Å²) in [5.41, 5.74) is 3.67. The average molecular weight is 504 g/mol. The van der Waals surface area contributed by atoms with Gasteiger partial charge in [-0.15, -0.1) is 0 Å². The van der Waals surface area contributed by atoms with Gasteiger partial charge in [0.25, 0.3) is 5.91 Å². The van der Waals surface area contributed by atoms with Crippen LogP contribution in [0.1, 0.15) is 42.6 Å². The SMILES string of the molecule is Cc1cc(-c2cnc3c(NCC(C)(C)O)cc(Sc4cccc(O)c4)nn23)ccc1C(=O)NC1CC1. The van der Waals surface area contributed by atoms with Crippen LogP contribution in [0.4, 0.5) is 5.69 Å². The molecule has 5 rings (SSSR count). The van der Waals surface area contributed by atoms with Gasteiger partial charge in [0.2, 0.25) is 0 Å². The molecule has 1 saturated carbocycles. The van der Waals surface area contributed by atoms with Gasteiger partial charge in [-0.1, -0.05) is 23.9 Å². The van der Waals surface area contributed by atoms with Crippen molar-refractivity contribution in [2.24, 2.45) is 0 Å². The summed E-state index contributed by atoms with van der Waals surface area (Å²) in [5.74, 6) is 0.145. The molecule has 0 radical (unpaired) electrons. The van der Waals surface area contributed by atoms with E-state index in [-0.39, 0.29) is 11.7 Å². The summed E-state index contributed by atoms with van der Waals surface area (Å²) in [4.78, 5) is 18.0. The lowest BCUT2D eigenvalue weighted by Crippen LogP contribution is -2.29. The van der Waals surface area contributed by atoms with Crippen molar-refractivity contribution in [3.05, 3.63) is 65.9 Å². The number of rotatable bonds is 8. The molecule has 1 fully saturated rings. The number of phenols is 1. The van der Waals surface area contributed by atoms with Gasteiger partial charge in [-0.3, -0.25) is 4.79 Å². The molecule has 1 amide bonds. The van der Waals surface area contributed by atoms with Gasteiger partial charge in [0.15, 0.2) is 5.65 Å². The van der Waals surface area contributed by atoms with Gasteiger partial charge in [-0.05, 0) is 75.6 Å². The van der Waals surface area contributed by atoms with Crippen molar-refractivity contribution >= 4 is 29.0 Å². The third kappa shape index (κ3) is 5.47. The van der Waals surface area contributed by atoms with Crippen LogP contribution in [0.5, 0.6) is 5.75 Å². The van der Waals surface area contributed by atoms with Crippen molar-refractivity contribution in [3.63, 3.8) is 0 Å². The first-order valence-electron chi connectivity index (χ1n) is 11.9. The van der Waals surface area contributed by atoms with Crippen molar-refractivity contribution in [2.75, 3.05) is 11.9 Å². The number of aromatic hydroxyl groups is 1. The van der Waals surface area contributed by atoms with Crippen molar-refractivity contribution < 1.29 is 15.0 Å². The summed E-state index contributed by atoms with van der Waals surface area (Å²) in [6.07, 6.45) is 3.85. The van der Waals surface area contributed by atoms with E-state index in [0.29, 0.717) is 28.8 Å². The normalized spacial score (nSPS) is 13.7. The standard InChI is InChI=1S/C27H29N5O3S/c1-16-11-17(7-10-21(16)26(34)30-18-8-9-18)23-14-28-25-22(29-15-27(2,3)35)13-24(31-32(23)25)36-20-6-4-5-19(33)12-20/h4-7,10-14,18,29,33,35H,8-9,15H2,1-3H3,(H,30,34). The first-order valence-corrected chi connectivity index (χ1v) is 12.7. The number of aryl methyl sites for hydroxylation is 1. The number of nitrogens with one attached hydrogen (secondary N) is 2. The van der Waals surface area contributed by atoms with Crippen molar-refractivity contribution in [1.29, 1.82) is 0 Å². The number of imidazole rings is 1. The molecule has 9 heteroatoms. The number of fused-ring (bicyclic) bond motifs is 1. The van der Waals surface area contributed by atoms with E-state index in [1.165, 1.54) is 11.8 Å². The Morgan fingerprint density at radius 1 is 1.19 bits per heavy atom. The van der Waals surface area contributed by atoms with Gasteiger partial charge in [-0.2, -0.15) is 5.10 Å². The molecule has 0 atom stereocenters. The number of aliphatic hydroxyl groups is 1. The van der Waals surface area contributed by atoms with Gasteiger partial charge < -0.3 is 20.8 Å². The van der Waals surface area contributed by atoms with Crippen LogP contribution in [0.3, 0.4) is 0 Å². The minimum atomic E-state index is -0.914. The van der Waals surface area contributed by atoms with Gasteiger partial charge in [-0.25, -0.2) is 9.50 Å². The predicted molar refractivity (Wildman–Crippen MR) is 141 cm³/mol. The first-order chi connectivity index (χ1) is 17.2. The molecule has 2 heterocycles. The van der Waals surface area contributed by atoms with E-state index in [1.807, 2.05) is 37.3 Å². The highest BCUT2D eigenvalue weighted by molar-refractivity contribution is 7.99. The minimum absolute atomic E-state index is 0.0410. The maximum Gasteiger partial charge on any atom is 0.251 e. The number of nitrogens with zero attached hydrogens (tertiary/aromatic N) is 3. The smallest absolute Gasteiger partial charge is 0.251 e. The molecule has 1 aliphatic rings. The second kappa shape index (κ2) is 9.48. The summed E-state index contributed by atoms with van der Waals surface area (Å²) >= 11 is 1.42. The molecule has 0 aliphatic heterocycles. The third-order valence-corrected chi connectivity index (χ3v) is 6.77. The number of phenolic OH excluding ortho intramolecular Hbond substituents is 1. The molecule has 36 heavy (non-hydrogen) atoms. The Morgan fingerprint density at radius 3 is 2.69 bits per heavy atom. The third-order valence-electron chi connectivity index (χ3n) is 5.88. The molecular weight excluding hydrogens is 474 g/mol. The molecule has 4 aromatic rings. The highest BCUT2D eigenvalue weighted by Crippen LogP contribution is 2.33. The van der Waals surface area contributed by atoms with Crippen LogP contribution in [-0.4, -0.2) is 48.9 Å². The fourth-order valence-electron chi connectivity index (χ4n) is 3.87. The zero-order chi connectivity index (χ0) is 25.4. The Morgan fingerprint density at radius 2 is 2.00 bits per heavy atom. The van der Waals surface area contributed by atoms with Crippen LogP contribution in [0, 0.1) is 6.92 Å². The Labute approximate surface area is 213 Å². The molecule has 0 unspecified atom stereocenters. The van der Waals surface area contributed by atoms with E-state index in [0.717, 1.165) is 40.2 Å². The lowest BCUT2D eigenvalue weighted by Gasteiger charge is -2.19. The highest BCUT2D eigenvalue weighted by atomic mass is 32.2. The van der Waals surface area contributed by atoms with Crippen LogP contribution in [-0.2, 0) is 0 Å². The van der Waals surface area contributed by atoms with E-state index in [1.54, 1.807) is 42.8 Å². The van der Waals surface area contributed by atoms with E-state index in [4.69, 9.17) is 5.10 Å². The monoisotopic (exact) mass is 503 g/mol. The van der Waals surface area contributed by atoms with E-state index >= 15 is 0 Å². The number of carbonyl (C=O) groups is 1. The first kappa shape index (κ1) is 24.1. The molecule has 8 nitrogen and oxygen atoms in total. The lowest BCUT2D eigenvalue weighted by atomic mass is 10.0. The molecule has 0 saturated heterocycles. The molecule has 186 valence electrons. The summed E-state index contributed by atoms with van der Waals surface area (Å²) in [6.45, 7) is 5.74. The Balaban J connectivity index is 1.54. The molecule has 0 bridgehead atoms. The highest BCUT2D eigenvalue weighted by Gasteiger charge is 2.24. The molecule has 2 aromatic carbocycles. The summed E-state index contributed by atoms with van der Waals surface area (Å²) in [5, 5.41) is 32.0. The van der Waals surface area contributed by atoms with Crippen molar-refractivity contribution in [3.8, 4) is 17.0 Å². The van der Waals surface area contributed by atoms with Gasteiger partial charge in [0, 0.05) is 28.6 Å². The van der Waals surface area contributed by atoms with E-state index in [9.17, 15) is 15.0 Å². The van der Waals surface area contributed by atoms with E-state index < -0.39 is 5.60 Å². The number of amides is 1. The molecule has 2 aromatic heterocycles. The van der Waals surface area contributed by atoms with Crippen LogP contribution >= 0.6 is 11.8 Å². The fourth-order valence-corrected chi connectivity index (χ4v) is 4.74.